The molecule has 34 heavy (non-hydrogen) atoms. The van der Waals surface area contributed by atoms with Crippen LogP contribution in [-0.4, -0.2) is 36.3 Å². The zero-order chi connectivity index (χ0) is 24.0. The quantitative estimate of drug-likeness (QED) is 0.171. The van der Waals surface area contributed by atoms with Crippen LogP contribution in [-0.2, 0) is 9.47 Å². The van der Waals surface area contributed by atoms with Crippen molar-refractivity contribution in [3.8, 4) is 0 Å². The lowest BCUT2D eigenvalue weighted by atomic mass is 10.0. The van der Waals surface area contributed by atoms with Gasteiger partial charge in [0.05, 0.1) is 25.3 Å². The number of rotatable bonds is 4. The van der Waals surface area contributed by atoms with E-state index in [4.69, 9.17) is 9.47 Å². The van der Waals surface area contributed by atoms with Gasteiger partial charge in [-0.05, 0) is 35.0 Å². The van der Waals surface area contributed by atoms with Gasteiger partial charge in [-0.25, -0.2) is 9.59 Å². The summed E-state index contributed by atoms with van der Waals surface area (Å²) in [6.07, 6.45) is 0. The monoisotopic (exact) mass is 515 g/mol. The summed E-state index contributed by atoms with van der Waals surface area (Å²) in [5.41, 5.74) is 1.32. The second-order valence-electron chi connectivity index (χ2n) is 7.69. The molecule has 2 heterocycles. The fourth-order valence-corrected chi connectivity index (χ4v) is 4.81. The van der Waals surface area contributed by atoms with Gasteiger partial charge in [-0.3, -0.25) is 4.79 Å². The van der Waals surface area contributed by atoms with E-state index in [-0.39, 0.29) is 16.8 Å². The molecule has 0 unspecified atom stereocenters. The summed E-state index contributed by atoms with van der Waals surface area (Å²) in [5, 5.41) is 2.88. The third-order valence-electron chi connectivity index (χ3n) is 5.88. The number of benzene rings is 3. The van der Waals surface area contributed by atoms with Crippen LogP contribution in [0.1, 0.15) is 36.8 Å². The number of carbonyl (C=O) groups excluding carboxylic acids is 3. The Kier molecular flexibility index (Phi) is 5.42. The predicted octanol–water partition coefficient (Wildman–Crippen LogP) is 5.81. The molecule has 6 nitrogen and oxygen atoms in total. The fourth-order valence-electron chi connectivity index (χ4n) is 4.41. The van der Waals surface area contributed by atoms with Crippen molar-refractivity contribution >= 4 is 60.8 Å². The van der Waals surface area contributed by atoms with Crippen LogP contribution in [0.3, 0.4) is 0 Å². The molecule has 0 saturated heterocycles. The van der Waals surface area contributed by atoms with Crippen LogP contribution in [0.4, 0.5) is 0 Å². The van der Waals surface area contributed by atoms with Crippen LogP contribution in [0.25, 0.3) is 27.2 Å². The Morgan fingerprint density at radius 1 is 0.735 bits per heavy atom. The maximum Gasteiger partial charge on any atom is 0.341 e. The van der Waals surface area contributed by atoms with Gasteiger partial charge in [-0.2, -0.15) is 0 Å². The molecule has 0 atom stereocenters. The molecule has 2 aromatic heterocycles. The van der Waals surface area contributed by atoms with Crippen LogP contribution in [0, 0.1) is 0 Å². The molecule has 5 rings (SSSR count). The first kappa shape index (κ1) is 21.9. The van der Waals surface area contributed by atoms with Gasteiger partial charge in [0.25, 0.3) is 0 Å². The minimum Gasteiger partial charge on any atom is -0.465 e. The molecular weight excluding hydrogens is 498 g/mol. The molecule has 0 aliphatic heterocycles. The molecule has 0 bridgehead atoms. The summed E-state index contributed by atoms with van der Waals surface area (Å²) in [6.45, 7) is 0. The Morgan fingerprint density at radius 3 is 2.18 bits per heavy atom. The number of pyridine rings is 1. The lowest BCUT2D eigenvalue weighted by Crippen LogP contribution is -2.15. The molecule has 3 aromatic carbocycles. The van der Waals surface area contributed by atoms with Crippen molar-refractivity contribution in [1.29, 1.82) is 0 Å². The molecule has 0 aliphatic carbocycles. The average molecular weight is 516 g/mol. The molecule has 7 heteroatoms. The summed E-state index contributed by atoms with van der Waals surface area (Å²) >= 11 is 3.40. The number of nitrogens with zero attached hydrogens (tertiary/aromatic N) is 1. The second kappa shape index (κ2) is 8.43. The van der Waals surface area contributed by atoms with Crippen molar-refractivity contribution in [2.24, 2.45) is 0 Å². The number of carbonyl (C=O) groups is 3. The van der Waals surface area contributed by atoms with Crippen molar-refractivity contribution in [1.82, 2.24) is 4.40 Å². The number of esters is 2. The van der Waals surface area contributed by atoms with Crippen molar-refractivity contribution in [3.63, 3.8) is 0 Å². The van der Waals surface area contributed by atoms with E-state index >= 15 is 0 Å². The predicted molar refractivity (Wildman–Crippen MR) is 133 cm³/mol. The topological polar surface area (TPSA) is 74.1 Å². The van der Waals surface area contributed by atoms with E-state index < -0.39 is 17.7 Å². The number of fused-ring (bicyclic) bond motifs is 5. The van der Waals surface area contributed by atoms with Crippen molar-refractivity contribution in [2.75, 3.05) is 14.2 Å². The average Bonchev–Trinajstić information content (AvgIpc) is 3.22. The number of halogens is 1. The standard InChI is InChI=1S/C27H18BrNO5/c1-33-26(31)22-21-13-11-19-18-9-4-3-6-15(18)10-12-20(19)29(21)24(23(22)27(32)34-2)25(30)16-7-5-8-17(28)14-16/h3-14H,1-2H3. The number of methoxy groups -OCH3 is 2. The van der Waals surface area contributed by atoms with Crippen molar-refractivity contribution < 1.29 is 23.9 Å². The zero-order valence-corrected chi connectivity index (χ0v) is 19.9. The first-order valence-electron chi connectivity index (χ1n) is 10.4. The Balaban J connectivity index is 2.00. The molecule has 0 saturated carbocycles. The Hall–Kier alpha value is -3.97. The number of ketones is 1. The maximum atomic E-state index is 13.9. The van der Waals surface area contributed by atoms with E-state index in [9.17, 15) is 14.4 Å². The molecule has 0 radical (unpaired) electrons. The van der Waals surface area contributed by atoms with E-state index in [0.717, 1.165) is 16.2 Å². The zero-order valence-electron chi connectivity index (χ0n) is 18.3. The molecule has 0 amide bonds. The van der Waals surface area contributed by atoms with E-state index in [1.165, 1.54) is 14.2 Å². The second-order valence-corrected chi connectivity index (χ2v) is 8.61. The van der Waals surface area contributed by atoms with E-state index in [0.29, 0.717) is 21.1 Å². The smallest absolute Gasteiger partial charge is 0.341 e. The largest absolute Gasteiger partial charge is 0.465 e. The van der Waals surface area contributed by atoms with Gasteiger partial charge in [0, 0.05) is 15.4 Å². The Labute approximate surface area is 202 Å². The van der Waals surface area contributed by atoms with Crippen LogP contribution < -0.4 is 0 Å². The van der Waals surface area contributed by atoms with Crippen molar-refractivity contribution in [3.05, 3.63) is 99.7 Å². The van der Waals surface area contributed by atoms with Gasteiger partial charge in [-0.1, -0.05) is 64.5 Å². The van der Waals surface area contributed by atoms with E-state index in [1.807, 2.05) is 42.5 Å². The lowest BCUT2D eigenvalue weighted by Gasteiger charge is -2.11. The first-order valence-corrected chi connectivity index (χ1v) is 11.2. The highest BCUT2D eigenvalue weighted by Crippen LogP contribution is 2.34. The van der Waals surface area contributed by atoms with E-state index in [1.54, 1.807) is 34.7 Å². The fraction of sp³-hybridized carbons (Fsp3) is 0.0741. The minimum atomic E-state index is -0.795. The van der Waals surface area contributed by atoms with Crippen LogP contribution >= 0.6 is 15.9 Å². The Morgan fingerprint density at radius 2 is 1.44 bits per heavy atom. The summed E-state index contributed by atoms with van der Waals surface area (Å²) in [4.78, 5) is 39.8. The van der Waals surface area contributed by atoms with Gasteiger partial charge in [0.1, 0.15) is 16.8 Å². The summed E-state index contributed by atoms with van der Waals surface area (Å²) in [5.74, 6) is -1.95. The maximum absolute atomic E-state index is 13.9. The summed E-state index contributed by atoms with van der Waals surface area (Å²) in [6, 6.07) is 22.2. The van der Waals surface area contributed by atoms with Gasteiger partial charge >= 0.3 is 11.9 Å². The van der Waals surface area contributed by atoms with Crippen molar-refractivity contribution in [2.45, 2.75) is 0 Å². The van der Waals surface area contributed by atoms with Gasteiger partial charge in [0.15, 0.2) is 0 Å². The van der Waals surface area contributed by atoms with Gasteiger partial charge in [0.2, 0.25) is 5.78 Å². The van der Waals surface area contributed by atoms with E-state index in [2.05, 4.69) is 15.9 Å². The number of ether oxygens (including phenoxy) is 2. The van der Waals surface area contributed by atoms with Gasteiger partial charge < -0.3 is 13.9 Å². The molecule has 0 N–H and O–H groups in total. The molecule has 5 aromatic rings. The third-order valence-corrected chi connectivity index (χ3v) is 6.38. The lowest BCUT2D eigenvalue weighted by molar-refractivity contribution is 0.0556. The number of aromatic nitrogens is 1. The minimum absolute atomic E-state index is 0.0113. The van der Waals surface area contributed by atoms with Crippen LogP contribution in [0.5, 0.6) is 0 Å². The number of hydrogen-bond donors (Lipinski definition) is 0. The van der Waals surface area contributed by atoms with Gasteiger partial charge in [-0.15, -0.1) is 0 Å². The highest BCUT2D eigenvalue weighted by Gasteiger charge is 2.33. The third kappa shape index (κ3) is 3.28. The number of hydrogen-bond acceptors (Lipinski definition) is 5. The normalized spacial score (nSPS) is 11.1. The van der Waals surface area contributed by atoms with Crippen LogP contribution in [0.2, 0.25) is 0 Å². The molecule has 0 fully saturated rings. The summed E-state index contributed by atoms with van der Waals surface area (Å²) < 4.78 is 12.4. The highest BCUT2D eigenvalue weighted by molar-refractivity contribution is 9.10. The SMILES string of the molecule is COC(=O)c1c(C(=O)OC)c2ccc3c4ccccc4ccc3n2c1C(=O)c1cccc(Br)c1. The van der Waals surface area contributed by atoms with Crippen LogP contribution in [0.15, 0.2) is 77.3 Å². The molecule has 0 aliphatic rings. The highest BCUT2D eigenvalue weighted by atomic mass is 79.9. The molecular formula is C27H18BrNO5. The first-order chi connectivity index (χ1) is 16.5. The Bertz CT molecular complexity index is 1650. The molecule has 168 valence electrons. The summed E-state index contributed by atoms with van der Waals surface area (Å²) in [7, 11) is 2.45. The molecule has 0 spiro atoms.